The molecule has 2 aromatic rings. The van der Waals surface area contributed by atoms with E-state index in [1.165, 1.54) is 6.42 Å². The third-order valence-corrected chi connectivity index (χ3v) is 6.61. The summed E-state index contributed by atoms with van der Waals surface area (Å²) in [6.45, 7) is 3.79. The van der Waals surface area contributed by atoms with E-state index in [2.05, 4.69) is 10.6 Å². The van der Waals surface area contributed by atoms with Crippen LogP contribution in [-0.4, -0.2) is 26.7 Å². The first kappa shape index (κ1) is 21.2. The number of thioether (sulfide) groups is 1. The van der Waals surface area contributed by atoms with Crippen molar-refractivity contribution >= 4 is 40.4 Å². The summed E-state index contributed by atoms with van der Waals surface area (Å²) >= 11 is 0.868. The second-order valence-electron chi connectivity index (χ2n) is 7.95. The van der Waals surface area contributed by atoms with Gasteiger partial charge in [-0.05, 0) is 68.3 Å². The molecular formula is C22H24N4O4S. The fourth-order valence-corrected chi connectivity index (χ4v) is 4.97. The number of nitrogens with one attached hydrogen (secondary N) is 2. The zero-order valence-corrected chi connectivity index (χ0v) is 18.3. The van der Waals surface area contributed by atoms with Gasteiger partial charge in [0.2, 0.25) is 0 Å². The minimum absolute atomic E-state index is 0.0480. The average Bonchev–Trinajstić information content (AvgIpc) is 3.20. The van der Waals surface area contributed by atoms with Crippen molar-refractivity contribution in [3.63, 3.8) is 0 Å². The predicted molar refractivity (Wildman–Crippen MR) is 121 cm³/mol. The van der Waals surface area contributed by atoms with Crippen molar-refractivity contribution in [3.05, 3.63) is 56.2 Å². The molecule has 162 valence electrons. The molecule has 2 N–H and O–H groups in total. The third-order valence-electron chi connectivity index (χ3n) is 5.80. The lowest BCUT2D eigenvalue weighted by atomic mass is 9.95. The molecule has 1 aliphatic heterocycles. The van der Waals surface area contributed by atoms with Gasteiger partial charge in [-0.1, -0.05) is 19.3 Å². The van der Waals surface area contributed by atoms with E-state index in [4.69, 9.17) is 0 Å². The number of imide groups is 1. The number of hydrogen-bond donors (Lipinski definition) is 2. The second-order valence-corrected chi connectivity index (χ2v) is 8.97. The molecular weight excluding hydrogens is 416 g/mol. The van der Waals surface area contributed by atoms with Crippen LogP contribution in [0.5, 0.6) is 0 Å². The molecule has 1 aromatic carbocycles. The van der Waals surface area contributed by atoms with Gasteiger partial charge in [0.05, 0.1) is 15.5 Å². The largest absolute Gasteiger partial charge is 0.377 e. The van der Waals surface area contributed by atoms with E-state index >= 15 is 0 Å². The molecule has 1 aromatic heterocycles. The normalized spacial score (nSPS) is 18.5. The van der Waals surface area contributed by atoms with Gasteiger partial charge in [-0.15, -0.1) is 0 Å². The van der Waals surface area contributed by atoms with E-state index in [1.54, 1.807) is 18.2 Å². The second kappa shape index (κ2) is 8.58. The van der Waals surface area contributed by atoms with Crippen molar-refractivity contribution in [1.82, 2.24) is 9.88 Å². The molecule has 1 saturated heterocycles. The van der Waals surface area contributed by atoms with Gasteiger partial charge < -0.3 is 9.88 Å². The lowest BCUT2D eigenvalue weighted by Gasteiger charge is -2.24. The Hall–Kier alpha value is -3.07. The fourth-order valence-electron chi connectivity index (χ4n) is 4.29. The van der Waals surface area contributed by atoms with Gasteiger partial charge in [0.1, 0.15) is 5.69 Å². The summed E-state index contributed by atoms with van der Waals surface area (Å²) in [6.07, 6.45) is 7.24. The number of aromatic nitrogens is 1. The van der Waals surface area contributed by atoms with Crippen molar-refractivity contribution in [3.8, 4) is 5.69 Å². The van der Waals surface area contributed by atoms with Crippen LogP contribution in [0.4, 0.5) is 16.2 Å². The molecule has 2 aliphatic rings. The van der Waals surface area contributed by atoms with E-state index in [0.29, 0.717) is 16.3 Å². The van der Waals surface area contributed by atoms with Gasteiger partial charge >= 0.3 is 0 Å². The maximum atomic E-state index is 11.9. The first-order valence-electron chi connectivity index (χ1n) is 10.3. The molecule has 0 radical (unpaired) electrons. The summed E-state index contributed by atoms with van der Waals surface area (Å²) in [4.78, 5) is 35.1. The smallest absolute Gasteiger partial charge is 0.294 e. The van der Waals surface area contributed by atoms with Crippen LogP contribution in [-0.2, 0) is 4.79 Å². The Balaban J connectivity index is 1.68. The Labute approximate surface area is 184 Å². The number of rotatable bonds is 5. The SMILES string of the molecule is Cc1cc(/C=C2\SC(=O)NC2=O)c(C)n1-c1ccc(NC2CCCCC2)c([N+](=O)[O-])c1. The summed E-state index contributed by atoms with van der Waals surface area (Å²) in [5.74, 6) is -0.409. The number of aryl methyl sites for hydroxylation is 1. The minimum atomic E-state index is -0.409. The van der Waals surface area contributed by atoms with E-state index in [0.717, 1.165) is 54.4 Å². The van der Waals surface area contributed by atoms with Crippen molar-refractivity contribution in [2.45, 2.75) is 52.0 Å². The molecule has 4 rings (SSSR count). The Morgan fingerprint density at radius 1 is 1.19 bits per heavy atom. The first-order chi connectivity index (χ1) is 14.8. The van der Waals surface area contributed by atoms with Crippen molar-refractivity contribution < 1.29 is 14.5 Å². The average molecular weight is 441 g/mol. The molecule has 0 spiro atoms. The Bertz CT molecular complexity index is 1100. The lowest BCUT2D eigenvalue weighted by Crippen LogP contribution is -2.22. The predicted octanol–water partition coefficient (Wildman–Crippen LogP) is 5.07. The zero-order valence-electron chi connectivity index (χ0n) is 17.4. The van der Waals surface area contributed by atoms with Crippen LogP contribution >= 0.6 is 11.8 Å². The van der Waals surface area contributed by atoms with Crippen molar-refractivity contribution in [2.75, 3.05) is 5.32 Å². The molecule has 8 nitrogen and oxygen atoms in total. The Kier molecular flexibility index (Phi) is 5.86. The number of carbonyl (C=O) groups excluding carboxylic acids is 2. The van der Waals surface area contributed by atoms with Crippen LogP contribution in [0, 0.1) is 24.0 Å². The number of hydrogen-bond acceptors (Lipinski definition) is 6. The van der Waals surface area contributed by atoms with Crippen molar-refractivity contribution in [2.24, 2.45) is 0 Å². The fraction of sp³-hybridized carbons (Fsp3) is 0.364. The molecule has 31 heavy (non-hydrogen) atoms. The van der Waals surface area contributed by atoms with Crippen LogP contribution < -0.4 is 10.6 Å². The van der Waals surface area contributed by atoms with Gasteiger partial charge in [0.15, 0.2) is 0 Å². The highest BCUT2D eigenvalue weighted by Crippen LogP contribution is 2.33. The van der Waals surface area contributed by atoms with Gasteiger partial charge in [0.25, 0.3) is 16.8 Å². The number of anilines is 1. The van der Waals surface area contributed by atoms with E-state index in [-0.39, 0.29) is 21.9 Å². The van der Waals surface area contributed by atoms with Gasteiger partial charge in [-0.2, -0.15) is 0 Å². The van der Waals surface area contributed by atoms with Crippen LogP contribution in [0.3, 0.4) is 0 Å². The number of carbonyl (C=O) groups is 2. The van der Waals surface area contributed by atoms with Crippen LogP contribution in [0.2, 0.25) is 0 Å². The van der Waals surface area contributed by atoms with Crippen LogP contribution in [0.1, 0.15) is 49.1 Å². The van der Waals surface area contributed by atoms with Crippen molar-refractivity contribution in [1.29, 1.82) is 0 Å². The summed E-state index contributed by atoms with van der Waals surface area (Å²) < 4.78 is 1.92. The van der Waals surface area contributed by atoms with Crippen LogP contribution in [0.25, 0.3) is 11.8 Å². The molecule has 2 heterocycles. The highest BCUT2D eigenvalue weighted by Gasteiger charge is 2.26. The van der Waals surface area contributed by atoms with Crippen LogP contribution in [0.15, 0.2) is 29.2 Å². The Morgan fingerprint density at radius 2 is 1.94 bits per heavy atom. The third kappa shape index (κ3) is 4.36. The topological polar surface area (TPSA) is 106 Å². The van der Waals surface area contributed by atoms with E-state index in [9.17, 15) is 19.7 Å². The van der Waals surface area contributed by atoms with E-state index in [1.807, 2.05) is 30.5 Å². The number of benzene rings is 1. The maximum absolute atomic E-state index is 11.9. The van der Waals surface area contributed by atoms with Gasteiger partial charge in [-0.25, -0.2) is 0 Å². The summed E-state index contributed by atoms with van der Waals surface area (Å²) in [5.41, 5.74) is 3.77. The standard InChI is InChI=1S/C22H24N4O4S/c1-13-10-15(11-20-21(27)24-22(28)31-20)14(2)25(13)17-8-9-18(19(12-17)26(29)30)23-16-6-4-3-5-7-16/h8-12,16,23H,3-7H2,1-2H3,(H,24,27,28)/b20-11-. The molecule has 0 unspecified atom stereocenters. The highest BCUT2D eigenvalue weighted by atomic mass is 32.2. The number of nitrogens with zero attached hydrogens (tertiary/aromatic N) is 2. The molecule has 1 aliphatic carbocycles. The summed E-state index contributed by atoms with van der Waals surface area (Å²) in [5, 5.41) is 17.0. The Morgan fingerprint density at radius 3 is 2.58 bits per heavy atom. The molecule has 0 atom stereocenters. The lowest BCUT2D eigenvalue weighted by molar-refractivity contribution is -0.384. The molecule has 0 bridgehead atoms. The maximum Gasteiger partial charge on any atom is 0.294 e. The van der Waals surface area contributed by atoms with Gasteiger partial charge in [-0.3, -0.25) is 25.0 Å². The number of amides is 2. The zero-order chi connectivity index (χ0) is 22.1. The summed E-state index contributed by atoms with van der Waals surface area (Å²) in [7, 11) is 0. The molecule has 9 heteroatoms. The number of nitro benzene ring substituents is 1. The van der Waals surface area contributed by atoms with Gasteiger partial charge in [0, 0.05) is 23.5 Å². The highest BCUT2D eigenvalue weighted by molar-refractivity contribution is 8.18. The first-order valence-corrected chi connectivity index (χ1v) is 11.1. The monoisotopic (exact) mass is 440 g/mol. The summed E-state index contributed by atoms with van der Waals surface area (Å²) in [6, 6.07) is 7.40. The minimum Gasteiger partial charge on any atom is -0.377 e. The number of nitro groups is 1. The van der Waals surface area contributed by atoms with E-state index < -0.39 is 5.91 Å². The molecule has 2 amide bonds. The molecule has 2 fully saturated rings. The quantitative estimate of drug-likeness (QED) is 0.382. The molecule has 1 saturated carbocycles.